The van der Waals surface area contributed by atoms with Crippen molar-refractivity contribution in [3.63, 3.8) is 0 Å². The van der Waals surface area contributed by atoms with Gasteiger partial charge in [0.1, 0.15) is 0 Å². The largest absolute Gasteiger partial charge is 3.00 e. The summed E-state index contributed by atoms with van der Waals surface area (Å²) in [6.07, 6.45) is 5.39. The van der Waals surface area contributed by atoms with Crippen LogP contribution in [0, 0.1) is 63.3 Å². The molecule has 0 unspecified atom stereocenters. The molecule has 188 valence electrons. The number of hydrogen-bond acceptors (Lipinski definition) is 5. The van der Waals surface area contributed by atoms with Gasteiger partial charge in [-0.2, -0.15) is 10.2 Å². The molecule has 5 aromatic rings. The van der Waals surface area contributed by atoms with Crippen molar-refractivity contribution in [3.05, 3.63) is 114 Å². The Kier molecular flexibility index (Phi) is 10.5. The minimum Gasteiger partial charge on any atom is -0.512 e. The van der Waals surface area contributed by atoms with Crippen LogP contribution in [0.25, 0.3) is 22.6 Å². The van der Waals surface area contributed by atoms with E-state index in [1.165, 1.54) is 0 Å². The number of hydrogen-bond donors (Lipinski definition) is 0. The van der Waals surface area contributed by atoms with Gasteiger partial charge in [-0.15, -0.1) is 18.2 Å². The molecule has 4 aromatic heterocycles. The normalized spacial score (nSPS) is 9.84. The molecule has 0 spiro atoms. The van der Waals surface area contributed by atoms with Crippen LogP contribution in [0.4, 0.5) is 8.78 Å². The Bertz CT molecular complexity index is 1420. The molecule has 0 radical (unpaired) electrons. The maximum atomic E-state index is 13.2. The molecule has 0 amide bonds. The van der Waals surface area contributed by atoms with E-state index in [-0.39, 0.29) is 25.7 Å². The first-order chi connectivity index (χ1) is 17.3. The summed E-state index contributed by atoms with van der Waals surface area (Å²) in [5.74, 6) is -1.29. The smallest absolute Gasteiger partial charge is 0.512 e. The molecule has 0 bridgehead atoms. The summed E-state index contributed by atoms with van der Waals surface area (Å²) < 4.78 is 29.4. The number of aryl methyl sites for hydroxylation is 4. The molecule has 0 aliphatic heterocycles. The Morgan fingerprint density at radius 2 is 1.43 bits per heavy atom. The summed E-state index contributed by atoms with van der Waals surface area (Å²) >= 11 is 0. The van der Waals surface area contributed by atoms with E-state index in [9.17, 15) is 8.78 Å². The van der Waals surface area contributed by atoms with Crippen molar-refractivity contribution in [3.8, 4) is 22.6 Å². The number of halogens is 2. The monoisotopic (exact) mass is 675 g/mol. The van der Waals surface area contributed by atoms with Crippen molar-refractivity contribution >= 4 is 0 Å². The maximum Gasteiger partial charge on any atom is 3.00 e. The minimum atomic E-state index is -0.649. The third-order valence-corrected chi connectivity index (χ3v) is 4.94. The Hall–Kier alpha value is -4.06. The first-order valence-electron chi connectivity index (χ1n) is 10.8. The van der Waals surface area contributed by atoms with Crippen LogP contribution in [0.5, 0.6) is 0 Å². The van der Waals surface area contributed by atoms with E-state index in [1.54, 1.807) is 33.8 Å². The quantitative estimate of drug-likeness (QED) is 0.239. The van der Waals surface area contributed by atoms with Gasteiger partial charge in [-0.25, -0.2) is 0 Å². The van der Waals surface area contributed by atoms with Gasteiger partial charge in [-0.3, -0.25) is 18.1 Å². The van der Waals surface area contributed by atoms with E-state index >= 15 is 0 Å². The van der Waals surface area contributed by atoms with Crippen LogP contribution in [0.1, 0.15) is 22.8 Å². The summed E-state index contributed by atoms with van der Waals surface area (Å²) in [5.41, 5.74) is 6.08. The van der Waals surface area contributed by atoms with Crippen molar-refractivity contribution in [1.29, 1.82) is 5.26 Å². The number of benzene rings is 1. The summed E-state index contributed by atoms with van der Waals surface area (Å²) in [7, 11) is 0. The van der Waals surface area contributed by atoms with E-state index in [0.29, 0.717) is 5.69 Å². The predicted octanol–water partition coefficient (Wildman–Crippen LogP) is 5.41. The van der Waals surface area contributed by atoms with Gasteiger partial charge in [-0.1, -0.05) is 37.6 Å². The first kappa shape index (κ1) is 29.2. The molecule has 0 atom stereocenters. The number of pyridine rings is 2. The molecular formula is C27H22F2IrN7. The number of nitrogens with zero attached hydrogens (tertiary/aromatic N) is 7. The van der Waals surface area contributed by atoms with Gasteiger partial charge >= 0.3 is 20.1 Å². The zero-order valence-corrected chi connectivity index (χ0v) is 22.9. The molecular weight excluding hydrogens is 653 g/mol. The van der Waals surface area contributed by atoms with E-state index in [2.05, 4.69) is 32.3 Å². The Balaban J connectivity index is 0.000000250. The molecule has 4 heterocycles. The standard InChI is InChI=1S/C15H16N5.C11H6F2N.CN.Ir/c1-10-5-7-19(17-10)14-9-15(13(4)16-12(14)3)20-8-6-11(2)18-20;12-8-4-5-9(10(13)7-8)11-3-1-2-6-14-11;1-2;/h5-8H,1-4H3;1-4,6-7H;;/q3*-1;+3. The van der Waals surface area contributed by atoms with Crippen molar-refractivity contribution in [1.82, 2.24) is 29.5 Å². The molecule has 0 aliphatic carbocycles. The second kappa shape index (κ2) is 13.3. The molecule has 10 heteroatoms. The first-order valence-corrected chi connectivity index (χ1v) is 10.8. The average Bonchev–Trinajstić information content (AvgIpc) is 3.49. The van der Waals surface area contributed by atoms with E-state index < -0.39 is 11.6 Å². The third-order valence-electron chi connectivity index (χ3n) is 4.94. The maximum absolute atomic E-state index is 13.2. The van der Waals surface area contributed by atoms with Crippen molar-refractivity contribution in [2.24, 2.45) is 0 Å². The van der Waals surface area contributed by atoms with Crippen LogP contribution in [0.15, 0.2) is 61.1 Å². The fourth-order valence-electron chi connectivity index (χ4n) is 3.33. The van der Waals surface area contributed by atoms with Gasteiger partial charge in [0.15, 0.2) is 0 Å². The van der Waals surface area contributed by atoms with Gasteiger partial charge in [0, 0.05) is 30.2 Å². The third kappa shape index (κ3) is 7.23. The second-order valence-electron chi connectivity index (χ2n) is 7.66. The Morgan fingerprint density at radius 1 is 0.865 bits per heavy atom. The van der Waals surface area contributed by atoms with Crippen LogP contribution < -0.4 is 0 Å². The van der Waals surface area contributed by atoms with E-state index in [1.807, 2.05) is 52.2 Å². The fraction of sp³-hybridized carbons (Fsp3) is 0.148. The number of rotatable bonds is 3. The van der Waals surface area contributed by atoms with Gasteiger partial charge in [0.05, 0.1) is 11.4 Å². The zero-order valence-electron chi connectivity index (χ0n) is 20.5. The topological polar surface area (TPSA) is 85.2 Å². The summed E-state index contributed by atoms with van der Waals surface area (Å²) in [5, 5.41) is 15.1. The van der Waals surface area contributed by atoms with Crippen molar-refractivity contribution in [2.45, 2.75) is 27.7 Å². The SMILES string of the molecule is Cc1ccn(-c2[c-]c(-n3ccc(C)n3)c(C)nc2C)n1.Fc1c[c-]c(-c2ccccn2)c(F)c1.[C-]#N.[Ir+3]. The summed E-state index contributed by atoms with van der Waals surface area (Å²) in [4.78, 5) is 8.54. The average molecular weight is 675 g/mol. The van der Waals surface area contributed by atoms with Crippen LogP contribution in [0.2, 0.25) is 0 Å². The van der Waals surface area contributed by atoms with Gasteiger partial charge in [0.2, 0.25) is 0 Å². The van der Waals surface area contributed by atoms with E-state index in [4.69, 9.17) is 11.8 Å². The van der Waals surface area contributed by atoms with Crippen LogP contribution in [-0.2, 0) is 20.1 Å². The Labute approximate surface area is 227 Å². The van der Waals surface area contributed by atoms with Crippen LogP contribution in [0.3, 0.4) is 0 Å². The van der Waals surface area contributed by atoms with Crippen LogP contribution >= 0.6 is 0 Å². The van der Waals surface area contributed by atoms with Crippen molar-refractivity contribution < 1.29 is 28.9 Å². The van der Waals surface area contributed by atoms with Gasteiger partial charge in [-0.05, 0) is 60.5 Å². The molecule has 37 heavy (non-hydrogen) atoms. The Morgan fingerprint density at radius 3 is 1.86 bits per heavy atom. The second-order valence-corrected chi connectivity index (χ2v) is 7.66. The molecule has 0 N–H and O–H groups in total. The molecule has 0 saturated heterocycles. The molecule has 0 saturated carbocycles. The van der Waals surface area contributed by atoms with E-state index in [0.717, 1.165) is 46.3 Å². The van der Waals surface area contributed by atoms with Gasteiger partial charge in [0.25, 0.3) is 0 Å². The predicted molar refractivity (Wildman–Crippen MR) is 130 cm³/mol. The molecule has 5 rings (SSSR count). The van der Waals surface area contributed by atoms with Gasteiger partial charge < -0.3 is 21.8 Å². The summed E-state index contributed by atoms with van der Waals surface area (Å²) in [6, 6.07) is 16.8. The summed E-state index contributed by atoms with van der Waals surface area (Å²) in [6.45, 7) is 12.6. The minimum absolute atomic E-state index is 0. The van der Waals surface area contributed by atoms with Crippen LogP contribution in [-0.4, -0.2) is 29.5 Å². The molecule has 1 aromatic carbocycles. The van der Waals surface area contributed by atoms with Crippen molar-refractivity contribution in [2.75, 3.05) is 0 Å². The number of aromatic nitrogens is 6. The molecule has 0 fully saturated rings. The molecule has 0 aliphatic rings. The molecule has 7 nitrogen and oxygen atoms in total. The fourth-order valence-corrected chi connectivity index (χ4v) is 3.33. The zero-order chi connectivity index (χ0) is 26.2.